The highest BCUT2D eigenvalue weighted by atomic mass is 15.0. The first kappa shape index (κ1) is 9.99. The second kappa shape index (κ2) is 4.23. The fourth-order valence-corrected chi connectivity index (χ4v) is 1.17. The van der Waals surface area contributed by atoms with Crippen LogP contribution in [0.3, 0.4) is 0 Å². The van der Waals surface area contributed by atoms with Crippen molar-refractivity contribution in [3.8, 4) is 0 Å². The van der Waals surface area contributed by atoms with Crippen LogP contribution >= 0.6 is 0 Å². The predicted octanol–water partition coefficient (Wildman–Crippen LogP) is 1.67. The molecule has 0 amide bonds. The molecule has 0 fully saturated rings. The van der Waals surface area contributed by atoms with Gasteiger partial charge in [-0.1, -0.05) is 0 Å². The van der Waals surface area contributed by atoms with Crippen molar-refractivity contribution < 1.29 is 0 Å². The van der Waals surface area contributed by atoms with Crippen molar-refractivity contribution in [1.29, 1.82) is 0 Å². The predicted molar refractivity (Wildman–Crippen MR) is 55.6 cm³/mol. The maximum atomic E-state index is 5.54. The van der Waals surface area contributed by atoms with Gasteiger partial charge in [-0.25, -0.2) is 4.98 Å². The van der Waals surface area contributed by atoms with E-state index in [9.17, 15) is 0 Å². The highest BCUT2D eigenvalue weighted by Crippen LogP contribution is 2.11. The van der Waals surface area contributed by atoms with E-state index >= 15 is 0 Å². The van der Waals surface area contributed by atoms with Crippen LogP contribution in [0.5, 0.6) is 0 Å². The largest absolute Gasteiger partial charge is 0.368 e. The molecule has 1 aromatic heterocycles. The lowest BCUT2D eigenvalue weighted by Gasteiger charge is -2.10. The van der Waals surface area contributed by atoms with Gasteiger partial charge >= 0.3 is 0 Å². The fourth-order valence-electron chi connectivity index (χ4n) is 1.17. The summed E-state index contributed by atoms with van der Waals surface area (Å²) in [6.45, 7) is 6.79. The summed E-state index contributed by atoms with van der Waals surface area (Å²) >= 11 is 0. The monoisotopic (exact) mass is 179 g/mol. The summed E-state index contributed by atoms with van der Waals surface area (Å²) in [6.07, 6.45) is 1.83. The van der Waals surface area contributed by atoms with E-state index in [4.69, 9.17) is 5.73 Å². The third kappa shape index (κ3) is 2.70. The average molecular weight is 179 g/mol. The molecule has 0 aromatic carbocycles. The first-order valence-corrected chi connectivity index (χ1v) is 4.55. The standard InChI is InChI=1S/C10H17N3/c1-7(2)13-10-4-8(3)9(5-11)6-12-10/h4,6-7H,5,11H2,1-3H3,(H,12,13). The molecule has 0 bridgehead atoms. The van der Waals surface area contributed by atoms with Gasteiger partial charge < -0.3 is 11.1 Å². The molecule has 3 nitrogen and oxygen atoms in total. The number of hydrogen-bond donors (Lipinski definition) is 2. The number of anilines is 1. The molecule has 0 aliphatic carbocycles. The van der Waals surface area contributed by atoms with Crippen LogP contribution in [0, 0.1) is 6.92 Å². The number of rotatable bonds is 3. The second-order valence-electron chi connectivity index (χ2n) is 3.50. The lowest BCUT2D eigenvalue weighted by molar-refractivity contribution is 0.885. The summed E-state index contributed by atoms with van der Waals surface area (Å²) < 4.78 is 0. The zero-order valence-electron chi connectivity index (χ0n) is 8.46. The molecule has 3 N–H and O–H groups in total. The van der Waals surface area contributed by atoms with Crippen LogP contribution < -0.4 is 11.1 Å². The maximum absolute atomic E-state index is 5.54. The first-order valence-electron chi connectivity index (χ1n) is 4.55. The van der Waals surface area contributed by atoms with Crippen molar-refractivity contribution >= 4 is 5.82 Å². The summed E-state index contributed by atoms with van der Waals surface area (Å²) in [5.41, 5.74) is 7.84. The molecule has 0 saturated heterocycles. The van der Waals surface area contributed by atoms with Crippen LogP contribution in [-0.4, -0.2) is 11.0 Å². The minimum atomic E-state index is 0.413. The van der Waals surface area contributed by atoms with Gasteiger partial charge in [-0.2, -0.15) is 0 Å². The number of hydrogen-bond acceptors (Lipinski definition) is 3. The Kier molecular flexibility index (Phi) is 3.25. The van der Waals surface area contributed by atoms with Crippen LogP contribution in [0.25, 0.3) is 0 Å². The van der Waals surface area contributed by atoms with Gasteiger partial charge in [-0.05, 0) is 38.0 Å². The SMILES string of the molecule is Cc1cc(NC(C)C)ncc1CN. The molecule has 72 valence electrons. The van der Waals surface area contributed by atoms with Crippen molar-refractivity contribution in [2.24, 2.45) is 5.73 Å². The van der Waals surface area contributed by atoms with Crippen molar-refractivity contribution in [1.82, 2.24) is 4.98 Å². The van der Waals surface area contributed by atoms with Crippen molar-refractivity contribution in [2.75, 3.05) is 5.32 Å². The van der Waals surface area contributed by atoms with Crippen LogP contribution in [0.15, 0.2) is 12.3 Å². The van der Waals surface area contributed by atoms with Crippen LogP contribution in [-0.2, 0) is 6.54 Å². The van der Waals surface area contributed by atoms with Crippen molar-refractivity contribution in [2.45, 2.75) is 33.4 Å². The van der Waals surface area contributed by atoms with E-state index in [1.807, 2.05) is 12.3 Å². The van der Waals surface area contributed by atoms with Crippen molar-refractivity contribution in [3.63, 3.8) is 0 Å². The molecule has 0 atom stereocenters. The van der Waals surface area contributed by atoms with E-state index < -0.39 is 0 Å². The molecule has 0 spiro atoms. The third-order valence-corrected chi connectivity index (χ3v) is 1.88. The summed E-state index contributed by atoms with van der Waals surface area (Å²) in [6, 6.07) is 2.44. The van der Waals surface area contributed by atoms with E-state index in [2.05, 4.69) is 31.1 Å². The van der Waals surface area contributed by atoms with Gasteiger partial charge in [0.25, 0.3) is 0 Å². The lowest BCUT2D eigenvalue weighted by atomic mass is 10.1. The van der Waals surface area contributed by atoms with Gasteiger partial charge in [0.05, 0.1) is 0 Å². The Morgan fingerprint density at radius 2 is 2.23 bits per heavy atom. The van der Waals surface area contributed by atoms with Gasteiger partial charge in [-0.3, -0.25) is 0 Å². The summed E-state index contributed by atoms with van der Waals surface area (Å²) in [5.74, 6) is 0.921. The number of nitrogens with zero attached hydrogens (tertiary/aromatic N) is 1. The molecule has 0 saturated carbocycles. The Balaban J connectivity index is 2.83. The van der Waals surface area contributed by atoms with Crippen LogP contribution in [0.2, 0.25) is 0 Å². The molecule has 0 aliphatic rings. The molecule has 3 heteroatoms. The normalized spacial score (nSPS) is 10.5. The summed E-state index contributed by atoms with van der Waals surface area (Å²) in [4.78, 5) is 4.26. The molecule has 0 unspecified atom stereocenters. The molecular formula is C10H17N3. The van der Waals surface area contributed by atoms with E-state index in [0.717, 1.165) is 11.4 Å². The minimum absolute atomic E-state index is 0.413. The molecule has 0 radical (unpaired) electrons. The number of aromatic nitrogens is 1. The Morgan fingerprint density at radius 3 is 2.69 bits per heavy atom. The van der Waals surface area contributed by atoms with E-state index in [1.165, 1.54) is 5.56 Å². The maximum Gasteiger partial charge on any atom is 0.126 e. The van der Waals surface area contributed by atoms with Gasteiger partial charge in [0.1, 0.15) is 5.82 Å². The van der Waals surface area contributed by atoms with E-state index in [-0.39, 0.29) is 0 Å². The molecule has 1 heterocycles. The highest BCUT2D eigenvalue weighted by molar-refractivity contribution is 5.40. The van der Waals surface area contributed by atoms with Gasteiger partial charge in [0.2, 0.25) is 0 Å². The quantitative estimate of drug-likeness (QED) is 0.742. The highest BCUT2D eigenvalue weighted by Gasteiger charge is 2.00. The smallest absolute Gasteiger partial charge is 0.126 e. The molecule has 1 aromatic rings. The Hall–Kier alpha value is -1.09. The van der Waals surface area contributed by atoms with Gasteiger partial charge in [0.15, 0.2) is 0 Å². The van der Waals surface area contributed by atoms with E-state index in [0.29, 0.717) is 12.6 Å². The average Bonchev–Trinajstić information content (AvgIpc) is 2.03. The third-order valence-electron chi connectivity index (χ3n) is 1.88. The van der Waals surface area contributed by atoms with E-state index in [1.54, 1.807) is 0 Å². The van der Waals surface area contributed by atoms with Crippen LogP contribution in [0.1, 0.15) is 25.0 Å². The van der Waals surface area contributed by atoms with Crippen LogP contribution in [0.4, 0.5) is 5.82 Å². The Labute approximate surface area is 79.4 Å². The molecule has 0 aliphatic heterocycles. The lowest BCUT2D eigenvalue weighted by Crippen LogP contribution is -2.11. The topological polar surface area (TPSA) is 50.9 Å². The molecular weight excluding hydrogens is 162 g/mol. The Bertz CT molecular complexity index is 281. The zero-order valence-corrected chi connectivity index (χ0v) is 8.46. The number of nitrogens with two attached hydrogens (primary N) is 1. The molecule has 13 heavy (non-hydrogen) atoms. The summed E-state index contributed by atoms with van der Waals surface area (Å²) in [5, 5.41) is 3.24. The first-order chi connectivity index (χ1) is 6.13. The zero-order chi connectivity index (χ0) is 9.84. The molecule has 1 rings (SSSR count). The Morgan fingerprint density at radius 1 is 1.54 bits per heavy atom. The van der Waals surface area contributed by atoms with Crippen molar-refractivity contribution in [3.05, 3.63) is 23.4 Å². The second-order valence-corrected chi connectivity index (χ2v) is 3.50. The fraction of sp³-hybridized carbons (Fsp3) is 0.500. The minimum Gasteiger partial charge on any atom is -0.368 e. The summed E-state index contributed by atoms with van der Waals surface area (Å²) in [7, 11) is 0. The number of nitrogens with one attached hydrogen (secondary N) is 1. The number of aryl methyl sites for hydroxylation is 1. The van der Waals surface area contributed by atoms with Gasteiger partial charge in [0, 0.05) is 18.8 Å². The van der Waals surface area contributed by atoms with Gasteiger partial charge in [-0.15, -0.1) is 0 Å². The number of pyridine rings is 1.